The molecule has 2 aromatic rings. The van der Waals surface area contributed by atoms with Gasteiger partial charge < -0.3 is 4.74 Å². The fourth-order valence-electron chi connectivity index (χ4n) is 4.76. The molecule has 0 radical (unpaired) electrons. The van der Waals surface area contributed by atoms with E-state index in [1.54, 1.807) is 0 Å². The van der Waals surface area contributed by atoms with Gasteiger partial charge in [-0.25, -0.2) is 4.79 Å². The number of hydrogen-bond donors (Lipinski definition) is 0. The van der Waals surface area contributed by atoms with Gasteiger partial charge in [-0.2, -0.15) is 0 Å². The van der Waals surface area contributed by atoms with Crippen LogP contribution in [0.25, 0.3) is 0 Å². The molecule has 30 heavy (non-hydrogen) atoms. The SMILES string of the molecule is CCCc1ccc(CCC2CCC(CCOC(=O)c3ccccc3CC)CC2)cc1. The first kappa shape index (κ1) is 22.6. The first-order valence-corrected chi connectivity index (χ1v) is 12.0. The van der Waals surface area contributed by atoms with E-state index in [2.05, 4.69) is 38.1 Å². The van der Waals surface area contributed by atoms with Crippen molar-refractivity contribution in [2.45, 2.75) is 78.1 Å². The predicted molar refractivity (Wildman–Crippen MR) is 125 cm³/mol. The van der Waals surface area contributed by atoms with Crippen molar-refractivity contribution in [1.29, 1.82) is 0 Å². The summed E-state index contributed by atoms with van der Waals surface area (Å²) < 4.78 is 5.59. The quantitative estimate of drug-likeness (QED) is 0.390. The molecule has 162 valence electrons. The highest BCUT2D eigenvalue weighted by atomic mass is 16.5. The number of aryl methyl sites for hydroxylation is 3. The molecule has 0 atom stereocenters. The van der Waals surface area contributed by atoms with Crippen LogP contribution in [0.4, 0.5) is 0 Å². The van der Waals surface area contributed by atoms with Crippen molar-refractivity contribution >= 4 is 5.97 Å². The number of benzene rings is 2. The third-order valence-corrected chi connectivity index (χ3v) is 6.75. The van der Waals surface area contributed by atoms with Crippen molar-refractivity contribution in [2.24, 2.45) is 11.8 Å². The van der Waals surface area contributed by atoms with E-state index in [1.807, 2.05) is 24.3 Å². The normalized spacial score (nSPS) is 18.9. The third kappa shape index (κ3) is 6.72. The van der Waals surface area contributed by atoms with Gasteiger partial charge in [0.1, 0.15) is 0 Å². The van der Waals surface area contributed by atoms with Gasteiger partial charge in [-0.15, -0.1) is 0 Å². The van der Waals surface area contributed by atoms with Gasteiger partial charge >= 0.3 is 5.97 Å². The van der Waals surface area contributed by atoms with Crippen LogP contribution in [-0.4, -0.2) is 12.6 Å². The Kier molecular flexibility index (Phi) is 8.99. The van der Waals surface area contributed by atoms with Crippen molar-refractivity contribution in [3.63, 3.8) is 0 Å². The van der Waals surface area contributed by atoms with E-state index in [0.717, 1.165) is 29.9 Å². The fraction of sp³-hybridized carbons (Fsp3) is 0.536. The summed E-state index contributed by atoms with van der Waals surface area (Å²) in [6.07, 6.45) is 12.0. The van der Waals surface area contributed by atoms with Gasteiger partial charge in [-0.3, -0.25) is 0 Å². The van der Waals surface area contributed by atoms with Crippen LogP contribution in [0.5, 0.6) is 0 Å². The molecular formula is C28H38O2. The average Bonchev–Trinajstić information content (AvgIpc) is 2.79. The van der Waals surface area contributed by atoms with E-state index in [1.165, 1.54) is 62.5 Å². The summed E-state index contributed by atoms with van der Waals surface area (Å²) in [5, 5.41) is 0. The maximum absolute atomic E-state index is 12.4. The zero-order valence-electron chi connectivity index (χ0n) is 18.9. The topological polar surface area (TPSA) is 26.3 Å². The van der Waals surface area contributed by atoms with E-state index >= 15 is 0 Å². The molecule has 2 heteroatoms. The van der Waals surface area contributed by atoms with E-state index in [9.17, 15) is 4.79 Å². The Hall–Kier alpha value is -2.09. The molecule has 0 N–H and O–H groups in total. The highest BCUT2D eigenvalue weighted by molar-refractivity contribution is 5.91. The molecule has 2 aromatic carbocycles. The summed E-state index contributed by atoms with van der Waals surface area (Å²) >= 11 is 0. The fourth-order valence-corrected chi connectivity index (χ4v) is 4.76. The van der Waals surface area contributed by atoms with Gasteiger partial charge in [0.05, 0.1) is 12.2 Å². The lowest BCUT2D eigenvalue weighted by Gasteiger charge is -2.28. The molecule has 0 unspecified atom stereocenters. The lowest BCUT2D eigenvalue weighted by Crippen LogP contribution is -2.18. The minimum absolute atomic E-state index is 0.161. The number of esters is 1. The highest BCUT2D eigenvalue weighted by Gasteiger charge is 2.21. The molecule has 2 nitrogen and oxygen atoms in total. The van der Waals surface area contributed by atoms with Crippen LogP contribution in [0.3, 0.4) is 0 Å². The smallest absolute Gasteiger partial charge is 0.338 e. The van der Waals surface area contributed by atoms with Crippen LogP contribution >= 0.6 is 0 Å². The summed E-state index contributed by atoms with van der Waals surface area (Å²) in [6, 6.07) is 17.0. The Labute approximate surface area is 183 Å². The van der Waals surface area contributed by atoms with Gasteiger partial charge in [-0.05, 0) is 66.7 Å². The number of carbonyl (C=O) groups is 1. The Bertz CT molecular complexity index is 769. The Morgan fingerprint density at radius 3 is 2.07 bits per heavy atom. The first-order valence-electron chi connectivity index (χ1n) is 12.0. The van der Waals surface area contributed by atoms with Gasteiger partial charge in [0.15, 0.2) is 0 Å². The van der Waals surface area contributed by atoms with Crippen LogP contribution in [0.1, 0.15) is 85.8 Å². The molecule has 3 rings (SSSR count). The summed E-state index contributed by atoms with van der Waals surface area (Å²) in [6.45, 7) is 4.86. The standard InChI is InChI=1S/C28H38O2/c1-3-7-22-10-12-23(13-11-22)14-15-24-16-18-25(19-17-24)20-21-30-28(29)27-9-6-5-8-26(27)4-2/h5-6,8-13,24-25H,3-4,7,14-21H2,1-2H3. The van der Waals surface area contributed by atoms with Crippen LogP contribution in [0.2, 0.25) is 0 Å². The third-order valence-electron chi connectivity index (χ3n) is 6.75. The predicted octanol–water partition coefficient (Wildman–Crippen LogP) is 7.19. The summed E-state index contributed by atoms with van der Waals surface area (Å²) in [5.41, 5.74) is 4.74. The Morgan fingerprint density at radius 1 is 0.833 bits per heavy atom. The van der Waals surface area contributed by atoms with E-state index in [4.69, 9.17) is 4.74 Å². The molecule has 0 spiro atoms. The Balaban J connectivity index is 1.33. The molecule has 0 bridgehead atoms. The maximum Gasteiger partial charge on any atom is 0.338 e. The monoisotopic (exact) mass is 406 g/mol. The summed E-state index contributed by atoms with van der Waals surface area (Å²) in [5.74, 6) is 1.41. The molecule has 1 saturated carbocycles. The van der Waals surface area contributed by atoms with Crippen LogP contribution in [-0.2, 0) is 24.0 Å². The second-order valence-electron chi connectivity index (χ2n) is 8.93. The zero-order valence-corrected chi connectivity index (χ0v) is 18.9. The zero-order chi connectivity index (χ0) is 21.2. The van der Waals surface area contributed by atoms with Crippen molar-refractivity contribution in [1.82, 2.24) is 0 Å². The van der Waals surface area contributed by atoms with Crippen LogP contribution in [0.15, 0.2) is 48.5 Å². The number of rotatable bonds is 10. The second kappa shape index (κ2) is 11.9. The van der Waals surface area contributed by atoms with Gasteiger partial charge in [0, 0.05) is 0 Å². The van der Waals surface area contributed by atoms with Gasteiger partial charge in [0.2, 0.25) is 0 Å². The summed E-state index contributed by atoms with van der Waals surface area (Å²) in [7, 11) is 0. The van der Waals surface area contributed by atoms with E-state index < -0.39 is 0 Å². The van der Waals surface area contributed by atoms with Crippen LogP contribution in [0, 0.1) is 11.8 Å². The molecule has 1 aliphatic carbocycles. The number of carbonyl (C=O) groups excluding carboxylic acids is 1. The van der Waals surface area contributed by atoms with E-state index in [-0.39, 0.29) is 5.97 Å². The van der Waals surface area contributed by atoms with Gasteiger partial charge in [0.25, 0.3) is 0 Å². The van der Waals surface area contributed by atoms with Gasteiger partial charge in [-0.1, -0.05) is 88.4 Å². The van der Waals surface area contributed by atoms with Crippen molar-refractivity contribution in [3.05, 3.63) is 70.8 Å². The number of ether oxygens (including phenoxy) is 1. The van der Waals surface area contributed by atoms with Crippen LogP contribution < -0.4 is 0 Å². The largest absolute Gasteiger partial charge is 0.462 e. The average molecular weight is 407 g/mol. The molecule has 0 amide bonds. The summed E-state index contributed by atoms with van der Waals surface area (Å²) in [4.78, 5) is 12.4. The highest BCUT2D eigenvalue weighted by Crippen LogP contribution is 2.33. The molecule has 1 aliphatic rings. The molecule has 0 saturated heterocycles. The van der Waals surface area contributed by atoms with E-state index in [0.29, 0.717) is 12.5 Å². The maximum atomic E-state index is 12.4. The minimum atomic E-state index is -0.161. The molecule has 0 aliphatic heterocycles. The Morgan fingerprint density at radius 2 is 1.43 bits per heavy atom. The molecular weight excluding hydrogens is 368 g/mol. The second-order valence-corrected chi connectivity index (χ2v) is 8.93. The number of hydrogen-bond acceptors (Lipinski definition) is 2. The van der Waals surface area contributed by atoms with Crippen molar-refractivity contribution in [3.8, 4) is 0 Å². The first-order chi connectivity index (χ1) is 14.7. The lowest BCUT2D eigenvalue weighted by molar-refractivity contribution is 0.0468. The molecule has 1 fully saturated rings. The molecule has 0 aromatic heterocycles. The minimum Gasteiger partial charge on any atom is -0.462 e. The van der Waals surface area contributed by atoms with Crippen molar-refractivity contribution < 1.29 is 9.53 Å². The van der Waals surface area contributed by atoms with Crippen molar-refractivity contribution in [2.75, 3.05) is 6.61 Å². The molecule has 0 heterocycles. The lowest BCUT2D eigenvalue weighted by atomic mass is 9.78.